The molecular formula is C11H14N2O7S. The standard InChI is InChI=1S/C11H14N2O7S/c1-6-3-9(13(17)18)10(4-7(6)2)21(19,20)12-8(5-14)11(15)16/h3-4,8,12,14H,5H2,1-2H3,(H,15,16)/t8-/m1/s1. The molecule has 0 amide bonds. The van der Waals surface area contributed by atoms with Gasteiger partial charge >= 0.3 is 5.97 Å². The summed E-state index contributed by atoms with van der Waals surface area (Å²) in [7, 11) is -4.46. The summed E-state index contributed by atoms with van der Waals surface area (Å²) in [5.74, 6) is -1.59. The van der Waals surface area contributed by atoms with Gasteiger partial charge < -0.3 is 10.2 Å². The first kappa shape index (κ1) is 17.0. The largest absolute Gasteiger partial charge is 0.480 e. The minimum Gasteiger partial charge on any atom is -0.480 e. The Hall–Kier alpha value is -2.04. The minimum absolute atomic E-state index is 0.497. The number of aliphatic hydroxyl groups excluding tert-OH is 1. The molecule has 0 saturated heterocycles. The molecule has 1 aromatic carbocycles. The average molecular weight is 318 g/mol. The van der Waals surface area contributed by atoms with Gasteiger partial charge in [-0.15, -0.1) is 0 Å². The summed E-state index contributed by atoms with van der Waals surface area (Å²) in [5, 5.41) is 28.6. The van der Waals surface area contributed by atoms with E-state index in [1.54, 1.807) is 18.6 Å². The van der Waals surface area contributed by atoms with Crippen molar-refractivity contribution in [3.63, 3.8) is 0 Å². The SMILES string of the molecule is Cc1cc([N+](=O)[O-])c(S(=O)(=O)N[C@H](CO)C(=O)O)cc1C. The lowest BCUT2D eigenvalue weighted by molar-refractivity contribution is -0.387. The number of aliphatic carboxylic acids is 1. The molecule has 9 nitrogen and oxygen atoms in total. The Morgan fingerprint density at radius 2 is 1.90 bits per heavy atom. The monoisotopic (exact) mass is 318 g/mol. The van der Waals surface area contributed by atoms with Gasteiger partial charge in [-0.05, 0) is 31.0 Å². The van der Waals surface area contributed by atoms with Crippen LogP contribution in [0.2, 0.25) is 0 Å². The zero-order chi connectivity index (χ0) is 16.4. The van der Waals surface area contributed by atoms with Gasteiger partial charge in [0.1, 0.15) is 6.04 Å². The van der Waals surface area contributed by atoms with E-state index in [9.17, 15) is 23.3 Å². The molecule has 116 valence electrons. The van der Waals surface area contributed by atoms with Gasteiger partial charge in [0.05, 0.1) is 11.5 Å². The Labute approximate surface area is 120 Å². The highest BCUT2D eigenvalue weighted by Gasteiger charge is 2.31. The molecule has 10 heteroatoms. The molecule has 0 radical (unpaired) electrons. The van der Waals surface area contributed by atoms with Gasteiger partial charge in [-0.25, -0.2) is 8.42 Å². The van der Waals surface area contributed by atoms with E-state index in [1.165, 1.54) is 0 Å². The summed E-state index contributed by atoms with van der Waals surface area (Å²) >= 11 is 0. The highest BCUT2D eigenvalue weighted by atomic mass is 32.2. The quantitative estimate of drug-likeness (QED) is 0.491. The molecule has 0 aliphatic rings. The Morgan fingerprint density at radius 3 is 2.33 bits per heavy atom. The number of rotatable bonds is 6. The first-order valence-corrected chi connectivity index (χ1v) is 7.20. The van der Waals surface area contributed by atoms with Crippen molar-refractivity contribution in [3.05, 3.63) is 33.4 Å². The van der Waals surface area contributed by atoms with E-state index in [-0.39, 0.29) is 0 Å². The minimum atomic E-state index is -4.46. The number of hydrogen-bond donors (Lipinski definition) is 3. The number of benzene rings is 1. The van der Waals surface area contributed by atoms with Crippen LogP contribution in [0.4, 0.5) is 5.69 Å². The van der Waals surface area contributed by atoms with Crippen LogP contribution in [0.5, 0.6) is 0 Å². The fourth-order valence-electron chi connectivity index (χ4n) is 1.55. The number of carboxylic acids is 1. The third kappa shape index (κ3) is 3.74. The third-order valence-corrected chi connectivity index (χ3v) is 4.34. The van der Waals surface area contributed by atoms with Crippen molar-refractivity contribution in [2.75, 3.05) is 6.61 Å². The van der Waals surface area contributed by atoms with Gasteiger partial charge in [-0.3, -0.25) is 14.9 Å². The lowest BCUT2D eigenvalue weighted by Gasteiger charge is -2.13. The van der Waals surface area contributed by atoms with E-state index < -0.39 is 44.1 Å². The van der Waals surface area contributed by atoms with Crippen molar-refractivity contribution in [1.82, 2.24) is 4.72 Å². The maximum absolute atomic E-state index is 12.1. The average Bonchev–Trinajstić information content (AvgIpc) is 2.37. The maximum Gasteiger partial charge on any atom is 0.324 e. The van der Waals surface area contributed by atoms with E-state index in [4.69, 9.17) is 10.2 Å². The van der Waals surface area contributed by atoms with Crippen molar-refractivity contribution >= 4 is 21.7 Å². The number of nitro groups is 1. The number of nitro benzene ring substituents is 1. The van der Waals surface area contributed by atoms with Gasteiger partial charge in [-0.1, -0.05) is 0 Å². The number of carboxylic acid groups (broad SMARTS) is 1. The van der Waals surface area contributed by atoms with Crippen LogP contribution in [0, 0.1) is 24.0 Å². The lowest BCUT2D eigenvalue weighted by atomic mass is 10.1. The lowest BCUT2D eigenvalue weighted by Crippen LogP contribution is -2.43. The van der Waals surface area contributed by atoms with Crippen LogP contribution >= 0.6 is 0 Å². The summed E-state index contributed by atoms with van der Waals surface area (Å²) < 4.78 is 25.9. The summed E-state index contributed by atoms with van der Waals surface area (Å²) in [4.78, 5) is 20.2. The van der Waals surface area contributed by atoms with E-state index in [0.717, 1.165) is 12.1 Å². The fourth-order valence-corrected chi connectivity index (χ4v) is 2.97. The molecule has 1 atom stereocenters. The van der Waals surface area contributed by atoms with E-state index in [2.05, 4.69) is 0 Å². The van der Waals surface area contributed by atoms with Crippen LogP contribution in [-0.2, 0) is 14.8 Å². The molecule has 1 aromatic rings. The summed E-state index contributed by atoms with van der Waals surface area (Å²) in [6, 6.07) is 0.404. The third-order valence-electron chi connectivity index (χ3n) is 2.84. The van der Waals surface area contributed by atoms with Crippen molar-refractivity contribution in [3.8, 4) is 0 Å². The second kappa shape index (κ2) is 6.16. The zero-order valence-electron chi connectivity index (χ0n) is 11.2. The molecule has 21 heavy (non-hydrogen) atoms. The second-order valence-corrected chi connectivity index (χ2v) is 6.04. The number of aryl methyl sites for hydroxylation is 2. The highest BCUT2D eigenvalue weighted by molar-refractivity contribution is 7.89. The van der Waals surface area contributed by atoms with Crippen LogP contribution in [0.1, 0.15) is 11.1 Å². The number of hydrogen-bond acceptors (Lipinski definition) is 6. The van der Waals surface area contributed by atoms with E-state index >= 15 is 0 Å². The summed E-state index contributed by atoms with van der Waals surface area (Å²) in [6.07, 6.45) is 0. The highest BCUT2D eigenvalue weighted by Crippen LogP contribution is 2.27. The number of sulfonamides is 1. The topological polar surface area (TPSA) is 147 Å². The molecule has 0 unspecified atom stereocenters. The van der Waals surface area contributed by atoms with Gasteiger partial charge in [0.2, 0.25) is 10.0 Å². The molecule has 0 heterocycles. The number of carbonyl (C=O) groups is 1. The summed E-state index contributed by atoms with van der Waals surface area (Å²) in [5.41, 5.74) is 0.363. The summed E-state index contributed by atoms with van der Waals surface area (Å²) in [6.45, 7) is 2.17. The predicted octanol–water partition coefficient (Wildman–Crippen LogP) is -0.0646. The molecule has 0 fully saturated rings. The van der Waals surface area contributed by atoms with Crippen LogP contribution in [0.3, 0.4) is 0 Å². The molecule has 0 spiro atoms. The molecule has 0 saturated carbocycles. The normalized spacial score (nSPS) is 12.9. The van der Waals surface area contributed by atoms with Crippen LogP contribution < -0.4 is 4.72 Å². The second-order valence-electron chi connectivity index (χ2n) is 4.36. The van der Waals surface area contributed by atoms with Crippen LogP contribution in [0.15, 0.2) is 17.0 Å². The van der Waals surface area contributed by atoms with Gasteiger partial charge in [0, 0.05) is 6.07 Å². The van der Waals surface area contributed by atoms with Gasteiger partial charge in [0.15, 0.2) is 4.90 Å². The maximum atomic E-state index is 12.1. The van der Waals surface area contributed by atoms with Crippen molar-refractivity contribution in [1.29, 1.82) is 0 Å². The molecule has 0 aromatic heterocycles. The number of nitrogens with zero attached hydrogens (tertiary/aromatic N) is 1. The van der Waals surface area contributed by atoms with Gasteiger partial charge in [-0.2, -0.15) is 4.72 Å². The predicted molar refractivity (Wildman–Crippen MR) is 71.4 cm³/mol. The van der Waals surface area contributed by atoms with Crippen LogP contribution in [0.25, 0.3) is 0 Å². The van der Waals surface area contributed by atoms with Gasteiger partial charge in [0.25, 0.3) is 5.69 Å². The van der Waals surface area contributed by atoms with Crippen molar-refractivity contribution < 1.29 is 28.3 Å². The van der Waals surface area contributed by atoms with Crippen LogP contribution in [-0.4, -0.2) is 42.2 Å². The fraction of sp³-hybridized carbons (Fsp3) is 0.364. The molecule has 0 aliphatic heterocycles. The zero-order valence-corrected chi connectivity index (χ0v) is 12.0. The Balaban J connectivity index is 3.40. The van der Waals surface area contributed by atoms with Crippen molar-refractivity contribution in [2.45, 2.75) is 24.8 Å². The first-order chi connectivity index (χ1) is 9.60. The Bertz CT molecular complexity index is 684. The molecular weight excluding hydrogens is 304 g/mol. The molecule has 1 rings (SSSR count). The molecule has 0 bridgehead atoms. The number of nitrogens with one attached hydrogen (secondary N) is 1. The smallest absolute Gasteiger partial charge is 0.324 e. The molecule has 3 N–H and O–H groups in total. The Morgan fingerprint density at radius 1 is 1.38 bits per heavy atom. The van der Waals surface area contributed by atoms with E-state index in [1.807, 2.05) is 0 Å². The van der Waals surface area contributed by atoms with Crippen molar-refractivity contribution in [2.24, 2.45) is 0 Å². The number of aliphatic hydroxyl groups is 1. The van der Waals surface area contributed by atoms with E-state index in [0.29, 0.717) is 11.1 Å². The first-order valence-electron chi connectivity index (χ1n) is 5.71. The Kier molecular flexibility index (Phi) is 4.99. The molecule has 0 aliphatic carbocycles.